The maximum Gasteiger partial charge on any atom is 0.247 e. The van der Waals surface area contributed by atoms with Crippen LogP contribution in [0.5, 0.6) is 5.75 Å². The van der Waals surface area contributed by atoms with Gasteiger partial charge < -0.3 is 20.3 Å². The molecule has 178 valence electrons. The van der Waals surface area contributed by atoms with Crippen LogP contribution in [0.2, 0.25) is 0 Å². The van der Waals surface area contributed by atoms with Crippen molar-refractivity contribution in [3.63, 3.8) is 0 Å². The third kappa shape index (κ3) is 4.99. The smallest absolute Gasteiger partial charge is 0.247 e. The molecule has 2 N–H and O–H groups in total. The molecule has 0 bridgehead atoms. The fourth-order valence-electron chi connectivity index (χ4n) is 4.15. The number of nitrogens with zero attached hydrogens (tertiary/aromatic N) is 4. The molecule has 2 aromatic heterocycles. The molecule has 0 aliphatic carbocycles. The van der Waals surface area contributed by atoms with Crippen molar-refractivity contribution >= 4 is 28.6 Å². The normalized spacial score (nSPS) is 15.8. The molecule has 35 heavy (non-hydrogen) atoms. The van der Waals surface area contributed by atoms with Crippen molar-refractivity contribution in [1.82, 2.24) is 19.5 Å². The molecule has 9 heteroatoms. The third-order valence-electron chi connectivity index (χ3n) is 5.89. The lowest BCUT2D eigenvalue weighted by atomic mass is 10.1. The number of hydrogen-bond acceptors (Lipinski definition) is 6. The van der Waals surface area contributed by atoms with Crippen LogP contribution >= 0.6 is 0 Å². The van der Waals surface area contributed by atoms with Gasteiger partial charge in [-0.1, -0.05) is 18.7 Å². The lowest BCUT2D eigenvalue weighted by Crippen LogP contribution is -2.22. The van der Waals surface area contributed by atoms with Gasteiger partial charge in [-0.05, 0) is 55.4 Å². The summed E-state index contributed by atoms with van der Waals surface area (Å²) in [5.74, 6) is 0.533. The van der Waals surface area contributed by atoms with Crippen LogP contribution in [-0.4, -0.2) is 51.6 Å². The van der Waals surface area contributed by atoms with Crippen LogP contribution in [0.15, 0.2) is 73.7 Å². The molecule has 8 nitrogen and oxygen atoms in total. The van der Waals surface area contributed by atoms with Crippen LogP contribution in [0.4, 0.5) is 21.6 Å². The number of fused-ring (bicyclic) bond motifs is 1. The Hall–Kier alpha value is -4.24. The van der Waals surface area contributed by atoms with Gasteiger partial charge in [0.05, 0.1) is 17.4 Å². The van der Waals surface area contributed by atoms with E-state index in [0.717, 1.165) is 36.2 Å². The van der Waals surface area contributed by atoms with E-state index in [2.05, 4.69) is 39.2 Å². The van der Waals surface area contributed by atoms with Crippen molar-refractivity contribution < 1.29 is 13.9 Å². The maximum absolute atomic E-state index is 13.8. The molecule has 0 spiro atoms. The number of halogens is 1. The summed E-state index contributed by atoms with van der Waals surface area (Å²) in [5.41, 5.74) is 3.55. The van der Waals surface area contributed by atoms with Gasteiger partial charge in [0.25, 0.3) is 0 Å². The molecule has 1 unspecified atom stereocenters. The fourth-order valence-corrected chi connectivity index (χ4v) is 4.15. The van der Waals surface area contributed by atoms with E-state index in [-0.39, 0.29) is 17.8 Å². The summed E-state index contributed by atoms with van der Waals surface area (Å²) in [5, 5.41) is 10.4. The zero-order chi connectivity index (χ0) is 24.4. The molecule has 5 rings (SSSR count). The Morgan fingerprint density at radius 2 is 2.14 bits per heavy atom. The third-order valence-corrected chi connectivity index (χ3v) is 5.89. The van der Waals surface area contributed by atoms with Gasteiger partial charge in [0.15, 0.2) is 0 Å². The van der Waals surface area contributed by atoms with E-state index in [0.29, 0.717) is 22.9 Å². The number of aromatic nitrogens is 3. The summed E-state index contributed by atoms with van der Waals surface area (Å²) in [6, 6.07) is 13.7. The molecule has 1 saturated heterocycles. The predicted molar refractivity (Wildman–Crippen MR) is 133 cm³/mol. The van der Waals surface area contributed by atoms with Crippen molar-refractivity contribution in [1.29, 1.82) is 0 Å². The van der Waals surface area contributed by atoms with Gasteiger partial charge in [-0.3, -0.25) is 4.79 Å². The Labute approximate surface area is 202 Å². The summed E-state index contributed by atoms with van der Waals surface area (Å²) in [6.07, 6.45) is 5.48. The average molecular weight is 473 g/mol. The zero-order valence-electron chi connectivity index (χ0n) is 19.2. The first-order valence-electron chi connectivity index (χ1n) is 11.3. The number of ether oxygens (including phenoxy) is 1. The van der Waals surface area contributed by atoms with Crippen LogP contribution in [-0.2, 0) is 4.79 Å². The van der Waals surface area contributed by atoms with Crippen molar-refractivity contribution in [2.45, 2.75) is 12.5 Å². The van der Waals surface area contributed by atoms with Gasteiger partial charge in [0, 0.05) is 30.4 Å². The van der Waals surface area contributed by atoms with E-state index in [9.17, 15) is 9.18 Å². The topological polar surface area (TPSA) is 83.8 Å². The van der Waals surface area contributed by atoms with E-state index in [1.54, 1.807) is 29.2 Å². The van der Waals surface area contributed by atoms with Crippen LogP contribution in [0.1, 0.15) is 6.42 Å². The second kappa shape index (κ2) is 9.55. The largest absolute Gasteiger partial charge is 0.487 e. The molecular weight excluding hydrogens is 447 g/mol. The summed E-state index contributed by atoms with van der Waals surface area (Å²) in [4.78, 5) is 18.7. The standard InChI is InChI=1S/C26H25FN6O2/c1-3-26(34)31-22-12-19(7-8-24(22)35-20-9-10-32(2)15-20)30-25-13-23-21(14-29-33(23)16-28-25)17-5-4-6-18(27)11-17/h3-8,11-14,16,20,30H,1,9-10,15H2,2H3,(H,31,34). The molecule has 3 heterocycles. The minimum Gasteiger partial charge on any atom is -0.487 e. The number of carbonyl (C=O) groups is 1. The maximum atomic E-state index is 13.8. The minimum absolute atomic E-state index is 0.0605. The summed E-state index contributed by atoms with van der Waals surface area (Å²) >= 11 is 0. The number of hydrogen-bond donors (Lipinski definition) is 2. The molecule has 0 saturated carbocycles. The second-order valence-corrected chi connectivity index (χ2v) is 8.49. The Morgan fingerprint density at radius 1 is 1.26 bits per heavy atom. The Bertz CT molecular complexity index is 1400. The highest BCUT2D eigenvalue weighted by Gasteiger charge is 2.22. The molecule has 1 aliphatic heterocycles. The van der Waals surface area contributed by atoms with Gasteiger partial charge in [-0.25, -0.2) is 13.9 Å². The molecular formula is C26H25FN6O2. The second-order valence-electron chi connectivity index (χ2n) is 8.49. The van der Waals surface area contributed by atoms with E-state index >= 15 is 0 Å². The van der Waals surface area contributed by atoms with Gasteiger partial charge >= 0.3 is 0 Å². The average Bonchev–Trinajstić information content (AvgIpc) is 3.46. The lowest BCUT2D eigenvalue weighted by Gasteiger charge is -2.18. The van der Waals surface area contributed by atoms with Crippen LogP contribution < -0.4 is 15.4 Å². The van der Waals surface area contributed by atoms with Crippen LogP contribution in [0.25, 0.3) is 16.6 Å². The Balaban J connectivity index is 1.43. The lowest BCUT2D eigenvalue weighted by molar-refractivity contribution is -0.111. The Morgan fingerprint density at radius 3 is 2.91 bits per heavy atom. The number of amides is 1. The van der Waals surface area contributed by atoms with E-state index in [1.165, 1.54) is 18.2 Å². The summed E-state index contributed by atoms with van der Waals surface area (Å²) in [7, 11) is 2.06. The monoisotopic (exact) mass is 472 g/mol. The molecule has 1 aliphatic rings. The highest BCUT2D eigenvalue weighted by atomic mass is 19.1. The van der Waals surface area contributed by atoms with Crippen molar-refractivity contribution in [2.24, 2.45) is 0 Å². The first-order valence-corrected chi connectivity index (χ1v) is 11.3. The molecule has 0 radical (unpaired) electrons. The quantitative estimate of drug-likeness (QED) is 0.386. The molecule has 2 aromatic carbocycles. The number of benzene rings is 2. The Kier molecular flexibility index (Phi) is 6.15. The van der Waals surface area contributed by atoms with Crippen molar-refractivity contribution in [3.8, 4) is 16.9 Å². The number of carbonyl (C=O) groups excluding carboxylic acids is 1. The minimum atomic E-state index is -0.325. The van der Waals surface area contributed by atoms with Gasteiger partial charge in [0.1, 0.15) is 29.8 Å². The summed E-state index contributed by atoms with van der Waals surface area (Å²) < 4.78 is 21.6. The van der Waals surface area contributed by atoms with E-state index in [4.69, 9.17) is 4.74 Å². The van der Waals surface area contributed by atoms with Gasteiger partial charge in [-0.15, -0.1) is 0 Å². The highest BCUT2D eigenvalue weighted by molar-refractivity contribution is 6.00. The number of likely N-dealkylation sites (N-methyl/N-ethyl adjacent to an activating group) is 1. The first kappa shape index (κ1) is 22.5. The van der Waals surface area contributed by atoms with Gasteiger partial charge in [0.2, 0.25) is 5.91 Å². The zero-order valence-corrected chi connectivity index (χ0v) is 19.2. The first-order chi connectivity index (χ1) is 17.0. The van der Waals surface area contributed by atoms with Gasteiger partial charge in [-0.2, -0.15) is 5.10 Å². The predicted octanol–water partition coefficient (Wildman–Crippen LogP) is 4.49. The van der Waals surface area contributed by atoms with Crippen molar-refractivity contribution in [3.05, 3.63) is 79.5 Å². The van der Waals surface area contributed by atoms with Crippen LogP contribution in [0.3, 0.4) is 0 Å². The molecule has 4 aromatic rings. The summed E-state index contributed by atoms with van der Waals surface area (Å²) in [6.45, 7) is 5.34. The number of nitrogens with one attached hydrogen (secondary N) is 2. The number of anilines is 3. The molecule has 1 fully saturated rings. The highest BCUT2D eigenvalue weighted by Crippen LogP contribution is 2.32. The number of likely N-dealkylation sites (tertiary alicyclic amines) is 1. The van der Waals surface area contributed by atoms with E-state index in [1.807, 2.05) is 24.3 Å². The number of rotatable bonds is 7. The van der Waals surface area contributed by atoms with Crippen LogP contribution in [0, 0.1) is 5.82 Å². The fraction of sp³-hybridized carbons (Fsp3) is 0.192. The van der Waals surface area contributed by atoms with E-state index < -0.39 is 0 Å². The SMILES string of the molecule is C=CC(=O)Nc1cc(Nc2cc3c(-c4cccc(F)c4)cnn3cn2)ccc1OC1CCN(C)C1. The molecule has 1 amide bonds. The molecule has 1 atom stereocenters. The van der Waals surface area contributed by atoms with Crippen molar-refractivity contribution in [2.75, 3.05) is 30.8 Å².